The lowest BCUT2D eigenvalue weighted by molar-refractivity contribution is -0.130. The molecule has 1 saturated heterocycles. The van der Waals surface area contributed by atoms with Gasteiger partial charge < -0.3 is 35.2 Å². The molecular formula is C43H42ClFN8O5S. The van der Waals surface area contributed by atoms with E-state index in [2.05, 4.69) is 27.2 Å². The normalized spacial score (nSPS) is 12.7. The number of anilines is 2. The Morgan fingerprint density at radius 3 is 2.63 bits per heavy atom. The fourth-order valence-corrected chi connectivity index (χ4v) is 8.21. The molecule has 7 rings (SSSR count). The summed E-state index contributed by atoms with van der Waals surface area (Å²) in [6.07, 6.45) is 1.99. The van der Waals surface area contributed by atoms with E-state index in [-0.39, 0.29) is 65.7 Å². The number of aryl methyl sites for hydroxylation is 1. The van der Waals surface area contributed by atoms with Crippen molar-refractivity contribution in [2.75, 3.05) is 63.1 Å². The first kappa shape index (κ1) is 40.9. The fourth-order valence-electron chi connectivity index (χ4n) is 7.11. The summed E-state index contributed by atoms with van der Waals surface area (Å²) in [6, 6.07) is 17.8. The maximum absolute atomic E-state index is 17.0. The van der Waals surface area contributed by atoms with Gasteiger partial charge in [0.1, 0.15) is 29.4 Å². The first-order valence-electron chi connectivity index (χ1n) is 19.0. The van der Waals surface area contributed by atoms with Gasteiger partial charge in [-0.25, -0.2) is 14.4 Å². The molecule has 304 valence electrons. The Hall–Kier alpha value is -6.32. The Kier molecular flexibility index (Phi) is 12.5. The molecule has 1 fully saturated rings. The topological polar surface area (TPSA) is 153 Å². The molecule has 1 aliphatic rings. The number of hydrogen-bond acceptors (Lipinski definition) is 11. The molecule has 0 saturated carbocycles. The highest BCUT2D eigenvalue weighted by atomic mass is 35.5. The zero-order valence-electron chi connectivity index (χ0n) is 32.5. The molecule has 13 nitrogen and oxygen atoms in total. The van der Waals surface area contributed by atoms with Crippen LogP contribution in [0, 0.1) is 12.7 Å². The molecule has 1 aliphatic heterocycles. The van der Waals surface area contributed by atoms with Crippen LogP contribution in [0.1, 0.15) is 17.7 Å². The molecule has 0 bridgehead atoms. The van der Waals surface area contributed by atoms with Crippen LogP contribution in [0.4, 0.5) is 16.2 Å². The zero-order valence-corrected chi connectivity index (χ0v) is 34.1. The molecule has 2 aromatic heterocycles. The van der Waals surface area contributed by atoms with Gasteiger partial charge in [0.05, 0.1) is 27.6 Å². The van der Waals surface area contributed by atoms with E-state index in [4.69, 9.17) is 21.3 Å². The number of aromatic nitrogens is 3. The number of carbonyl (C=O) groups excluding carboxylic acids is 3. The van der Waals surface area contributed by atoms with Gasteiger partial charge in [-0.15, -0.1) is 11.3 Å². The molecule has 16 heteroatoms. The average Bonchev–Trinajstić information content (AvgIpc) is 3.68. The number of phenols is 1. The number of aromatic hydroxyl groups is 1. The van der Waals surface area contributed by atoms with Gasteiger partial charge in [0.2, 0.25) is 24.2 Å². The highest BCUT2D eigenvalue weighted by molar-refractivity contribution is 7.13. The lowest BCUT2D eigenvalue weighted by Gasteiger charge is -2.35. The van der Waals surface area contributed by atoms with Crippen molar-refractivity contribution in [3.63, 3.8) is 0 Å². The summed E-state index contributed by atoms with van der Waals surface area (Å²) in [7, 11) is 1.69. The van der Waals surface area contributed by atoms with Crippen molar-refractivity contribution in [2.45, 2.75) is 19.9 Å². The van der Waals surface area contributed by atoms with E-state index in [0.29, 0.717) is 72.4 Å². The van der Waals surface area contributed by atoms with E-state index in [1.54, 1.807) is 34.5 Å². The van der Waals surface area contributed by atoms with Crippen LogP contribution in [0.5, 0.6) is 11.5 Å². The number of fused-ring (bicyclic) bond motifs is 2. The summed E-state index contributed by atoms with van der Waals surface area (Å²) in [5.74, 6) is 0.0540. The summed E-state index contributed by atoms with van der Waals surface area (Å²) in [6.45, 7) is 8.10. The largest absolute Gasteiger partial charge is 0.508 e. The Balaban J connectivity index is 1.09. The molecule has 0 spiro atoms. The number of nitrogens with one attached hydrogen (secondary N) is 2. The van der Waals surface area contributed by atoms with E-state index in [1.165, 1.54) is 23.5 Å². The first-order chi connectivity index (χ1) is 28.6. The van der Waals surface area contributed by atoms with Crippen LogP contribution in [0.25, 0.3) is 43.2 Å². The molecule has 3 N–H and O–H groups in total. The molecular weight excluding hydrogens is 795 g/mol. The van der Waals surface area contributed by atoms with Crippen molar-refractivity contribution in [3.05, 3.63) is 101 Å². The third-order valence-corrected chi connectivity index (χ3v) is 11.5. The number of rotatable bonds is 15. The second-order valence-corrected chi connectivity index (χ2v) is 15.2. The number of carbonyl (C=O) groups is 3. The summed E-state index contributed by atoms with van der Waals surface area (Å²) >= 11 is 8.40. The number of piperazine rings is 1. The van der Waals surface area contributed by atoms with Crippen LogP contribution >= 0.6 is 22.9 Å². The third kappa shape index (κ3) is 8.91. The van der Waals surface area contributed by atoms with Gasteiger partial charge in [-0.3, -0.25) is 14.4 Å². The smallest absolute Gasteiger partial charge is 0.246 e. The van der Waals surface area contributed by atoms with Crippen molar-refractivity contribution in [1.82, 2.24) is 30.1 Å². The predicted octanol–water partition coefficient (Wildman–Crippen LogP) is 6.80. The maximum atomic E-state index is 17.0. The molecule has 0 atom stereocenters. The van der Waals surface area contributed by atoms with Crippen molar-refractivity contribution in [3.8, 4) is 33.1 Å². The number of ether oxygens (including phenoxy) is 1. The Bertz CT molecular complexity index is 2560. The molecule has 0 radical (unpaired) electrons. The predicted molar refractivity (Wildman–Crippen MR) is 230 cm³/mol. The summed E-state index contributed by atoms with van der Waals surface area (Å²) in [5, 5.41) is 18.3. The Morgan fingerprint density at radius 1 is 1.08 bits per heavy atom. The van der Waals surface area contributed by atoms with Gasteiger partial charge in [-0.05, 0) is 59.2 Å². The number of likely N-dealkylation sites (N-methyl/N-ethyl adjacent to an activating group) is 1. The van der Waals surface area contributed by atoms with E-state index in [1.807, 2.05) is 54.3 Å². The van der Waals surface area contributed by atoms with Crippen molar-refractivity contribution in [2.24, 2.45) is 0 Å². The standard InChI is InChI=1S/C43H42ClFN8O5S/c1-4-36(56)52-13-15-53(16-14-52)42-33-22-34(44)38(32-21-30(55)19-27-7-5-6-8-31(27)32)39(45)40(33)49-43(50-42)47-12-11-37(57)51(3)17-18-58-35-20-28(41-26(2)48-25-59-41)9-10-29(35)23-46-24-54/h4-10,19-22,24-25,55H,1,11-18,23H2,2-3H3,(H,46,54)(H,47,49,50). The van der Waals surface area contributed by atoms with Gasteiger partial charge in [0.15, 0.2) is 5.82 Å². The molecule has 4 aromatic carbocycles. The first-order valence-corrected chi connectivity index (χ1v) is 20.2. The highest BCUT2D eigenvalue weighted by Gasteiger charge is 2.26. The van der Waals surface area contributed by atoms with Gasteiger partial charge in [0, 0.05) is 69.3 Å². The molecule has 3 heterocycles. The number of amides is 3. The minimum absolute atomic E-state index is 0.00629. The zero-order chi connectivity index (χ0) is 41.6. The summed E-state index contributed by atoms with van der Waals surface area (Å²) in [4.78, 5) is 56.6. The van der Waals surface area contributed by atoms with Crippen LogP contribution in [-0.4, -0.2) is 101 Å². The third-order valence-electron chi connectivity index (χ3n) is 10.2. The minimum Gasteiger partial charge on any atom is -0.508 e. The van der Waals surface area contributed by atoms with E-state index >= 15 is 4.39 Å². The lowest BCUT2D eigenvalue weighted by atomic mass is 9.96. The quantitative estimate of drug-likeness (QED) is 0.0744. The second kappa shape index (κ2) is 18.1. The molecule has 3 amide bonds. The van der Waals surface area contributed by atoms with Crippen LogP contribution < -0.4 is 20.3 Å². The number of benzene rings is 4. The monoisotopic (exact) mass is 836 g/mol. The second-order valence-electron chi connectivity index (χ2n) is 14.0. The van der Waals surface area contributed by atoms with E-state index in [9.17, 15) is 19.5 Å². The Labute approximate surface area is 349 Å². The number of halogens is 2. The fraction of sp³-hybridized carbons (Fsp3) is 0.256. The van der Waals surface area contributed by atoms with Gasteiger partial charge >= 0.3 is 0 Å². The van der Waals surface area contributed by atoms with Crippen LogP contribution in [0.15, 0.2) is 78.8 Å². The Morgan fingerprint density at radius 2 is 1.88 bits per heavy atom. The van der Waals surface area contributed by atoms with Gasteiger partial charge in [-0.1, -0.05) is 54.6 Å². The van der Waals surface area contributed by atoms with E-state index < -0.39 is 5.82 Å². The van der Waals surface area contributed by atoms with E-state index in [0.717, 1.165) is 21.7 Å². The van der Waals surface area contributed by atoms with Crippen LogP contribution in [-0.2, 0) is 20.9 Å². The van der Waals surface area contributed by atoms with Crippen molar-refractivity contribution < 1.29 is 28.6 Å². The molecule has 0 unspecified atom stereocenters. The van der Waals surface area contributed by atoms with Crippen LogP contribution in [0.3, 0.4) is 0 Å². The summed E-state index contributed by atoms with van der Waals surface area (Å²) in [5.41, 5.74) is 4.93. The number of phenolic OH excluding ortho intramolecular Hbond substituents is 1. The molecule has 0 aliphatic carbocycles. The van der Waals surface area contributed by atoms with Gasteiger partial charge in [0.25, 0.3) is 0 Å². The van der Waals surface area contributed by atoms with Crippen molar-refractivity contribution in [1.29, 1.82) is 0 Å². The molecule has 59 heavy (non-hydrogen) atoms. The minimum atomic E-state index is -0.691. The van der Waals surface area contributed by atoms with Crippen LogP contribution in [0.2, 0.25) is 5.02 Å². The average molecular weight is 837 g/mol. The number of nitrogens with zero attached hydrogens (tertiary/aromatic N) is 6. The SMILES string of the molecule is C=CC(=O)N1CCN(c2nc(NCCC(=O)N(C)CCOc3cc(-c4scnc4C)ccc3CNC=O)nc3c(F)c(-c4cc(O)cc5ccccc45)c(Cl)cc23)CC1. The lowest BCUT2D eigenvalue weighted by Crippen LogP contribution is -2.48. The van der Waals surface area contributed by atoms with Crippen molar-refractivity contribution >= 4 is 74.6 Å². The number of thiazole rings is 1. The summed E-state index contributed by atoms with van der Waals surface area (Å²) < 4.78 is 23.1. The maximum Gasteiger partial charge on any atom is 0.246 e. The van der Waals surface area contributed by atoms with Gasteiger partial charge in [-0.2, -0.15) is 4.98 Å². The highest BCUT2D eigenvalue weighted by Crippen LogP contribution is 2.42. The number of hydrogen-bond donors (Lipinski definition) is 3. The molecule has 6 aromatic rings.